The molecule has 0 saturated heterocycles. The molecule has 0 aliphatic heterocycles. The first-order valence-electron chi connectivity index (χ1n) is 7.16. The second-order valence-electron chi connectivity index (χ2n) is 7.41. The Labute approximate surface area is 122 Å². The molecule has 2 rings (SSSR count). The standard InChI is InChI=1S/C17H25N3/c1-16(2,3)14-12-20(19-15(14)17(4,5)6)11-13-9-7-8-10-18-13/h7-10,12H,11H2,1-6H3. The molecule has 0 amide bonds. The van der Waals surface area contributed by atoms with Gasteiger partial charge in [-0.3, -0.25) is 9.67 Å². The van der Waals surface area contributed by atoms with Gasteiger partial charge in [-0.1, -0.05) is 47.6 Å². The van der Waals surface area contributed by atoms with Crippen molar-refractivity contribution in [2.24, 2.45) is 0 Å². The van der Waals surface area contributed by atoms with Gasteiger partial charge in [0.2, 0.25) is 0 Å². The van der Waals surface area contributed by atoms with E-state index < -0.39 is 0 Å². The molecule has 0 unspecified atom stereocenters. The van der Waals surface area contributed by atoms with Crippen LogP contribution in [0.4, 0.5) is 0 Å². The van der Waals surface area contributed by atoms with Crippen LogP contribution in [0.1, 0.15) is 58.5 Å². The maximum Gasteiger partial charge on any atom is 0.0831 e. The average Bonchev–Trinajstić information content (AvgIpc) is 2.74. The number of pyridine rings is 1. The lowest BCUT2D eigenvalue weighted by molar-refractivity contribution is 0.514. The largest absolute Gasteiger partial charge is 0.266 e. The summed E-state index contributed by atoms with van der Waals surface area (Å²) >= 11 is 0. The van der Waals surface area contributed by atoms with Crippen molar-refractivity contribution >= 4 is 0 Å². The molecule has 0 radical (unpaired) electrons. The van der Waals surface area contributed by atoms with Gasteiger partial charge in [-0.05, 0) is 23.1 Å². The van der Waals surface area contributed by atoms with E-state index in [0.717, 1.165) is 12.2 Å². The van der Waals surface area contributed by atoms with Crippen molar-refractivity contribution in [3.05, 3.63) is 47.5 Å². The second-order valence-corrected chi connectivity index (χ2v) is 7.41. The van der Waals surface area contributed by atoms with E-state index in [1.165, 1.54) is 11.3 Å². The molecule has 3 nitrogen and oxygen atoms in total. The zero-order chi connectivity index (χ0) is 15.0. The van der Waals surface area contributed by atoms with Gasteiger partial charge in [0, 0.05) is 17.8 Å². The van der Waals surface area contributed by atoms with Gasteiger partial charge in [0.15, 0.2) is 0 Å². The molecule has 108 valence electrons. The molecular formula is C17H25N3. The topological polar surface area (TPSA) is 30.7 Å². The predicted molar refractivity (Wildman–Crippen MR) is 83.0 cm³/mol. The Morgan fingerprint density at radius 2 is 1.70 bits per heavy atom. The van der Waals surface area contributed by atoms with Gasteiger partial charge >= 0.3 is 0 Å². The fourth-order valence-corrected chi connectivity index (χ4v) is 2.26. The first kappa shape index (κ1) is 14.8. The molecule has 0 fully saturated rings. The van der Waals surface area contributed by atoms with Crippen LogP contribution < -0.4 is 0 Å². The fourth-order valence-electron chi connectivity index (χ4n) is 2.26. The van der Waals surface area contributed by atoms with E-state index in [1.807, 2.05) is 29.1 Å². The minimum atomic E-state index is 0.0536. The van der Waals surface area contributed by atoms with E-state index in [9.17, 15) is 0 Å². The Morgan fingerprint density at radius 1 is 1.00 bits per heavy atom. The maximum atomic E-state index is 4.82. The van der Waals surface area contributed by atoms with Crippen molar-refractivity contribution in [2.75, 3.05) is 0 Å². The van der Waals surface area contributed by atoms with Crippen LogP contribution >= 0.6 is 0 Å². The molecule has 0 bridgehead atoms. The van der Waals surface area contributed by atoms with E-state index in [-0.39, 0.29) is 10.8 Å². The summed E-state index contributed by atoms with van der Waals surface area (Å²) in [6.45, 7) is 14.1. The van der Waals surface area contributed by atoms with Gasteiger partial charge in [-0.15, -0.1) is 0 Å². The summed E-state index contributed by atoms with van der Waals surface area (Å²) < 4.78 is 2.02. The maximum absolute atomic E-state index is 4.82. The third kappa shape index (κ3) is 3.27. The molecule has 0 N–H and O–H groups in total. The van der Waals surface area contributed by atoms with Gasteiger partial charge in [-0.2, -0.15) is 5.10 Å². The summed E-state index contributed by atoms with van der Waals surface area (Å²) in [5.41, 5.74) is 3.70. The highest BCUT2D eigenvalue weighted by Gasteiger charge is 2.28. The normalized spacial score (nSPS) is 12.7. The van der Waals surface area contributed by atoms with E-state index in [0.29, 0.717) is 0 Å². The van der Waals surface area contributed by atoms with E-state index >= 15 is 0 Å². The van der Waals surface area contributed by atoms with Crippen LogP contribution in [0.5, 0.6) is 0 Å². The van der Waals surface area contributed by atoms with Crippen LogP contribution in [0.3, 0.4) is 0 Å². The zero-order valence-electron chi connectivity index (χ0n) is 13.4. The molecule has 20 heavy (non-hydrogen) atoms. The van der Waals surface area contributed by atoms with Crippen LogP contribution in [-0.4, -0.2) is 14.8 Å². The van der Waals surface area contributed by atoms with Crippen LogP contribution in [0, 0.1) is 0 Å². The Morgan fingerprint density at radius 3 is 2.15 bits per heavy atom. The number of rotatable bonds is 2. The van der Waals surface area contributed by atoms with Crippen LogP contribution in [-0.2, 0) is 17.4 Å². The first-order chi connectivity index (χ1) is 9.18. The lowest BCUT2D eigenvalue weighted by atomic mass is 9.80. The van der Waals surface area contributed by atoms with E-state index in [2.05, 4.69) is 52.7 Å². The van der Waals surface area contributed by atoms with E-state index in [1.54, 1.807) is 0 Å². The monoisotopic (exact) mass is 271 g/mol. The number of hydrogen-bond acceptors (Lipinski definition) is 2. The van der Waals surface area contributed by atoms with Crippen molar-refractivity contribution in [3.8, 4) is 0 Å². The van der Waals surface area contributed by atoms with Gasteiger partial charge in [0.25, 0.3) is 0 Å². The quantitative estimate of drug-likeness (QED) is 0.828. The van der Waals surface area contributed by atoms with Crippen molar-refractivity contribution in [1.29, 1.82) is 0 Å². The molecule has 0 spiro atoms. The smallest absolute Gasteiger partial charge is 0.0831 e. The summed E-state index contributed by atoms with van der Waals surface area (Å²) in [4.78, 5) is 4.38. The van der Waals surface area contributed by atoms with Crippen LogP contribution in [0.25, 0.3) is 0 Å². The molecule has 0 atom stereocenters. The third-order valence-corrected chi connectivity index (χ3v) is 3.33. The molecule has 3 heteroatoms. The minimum absolute atomic E-state index is 0.0536. The summed E-state index contributed by atoms with van der Waals surface area (Å²) in [5.74, 6) is 0. The lowest BCUT2D eigenvalue weighted by Crippen LogP contribution is -2.21. The highest BCUT2D eigenvalue weighted by molar-refractivity contribution is 5.30. The summed E-state index contributed by atoms with van der Waals surface area (Å²) in [6.07, 6.45) is 4.00. The SMILES string of the molecule is CC(C)(C)c1cn(Cc2ccccn2)nc1C(C)(C)C. The second kappa shape index (κ2) is 5.04. The lowest BCUT2D eigenvalue weighted by Gasteiger charge is -2.24. The zero-order valence-corrected chi connectivity index (χ0v) is 13.4. The molecule has 0 aromatic carbocycles. The fraction of sp³-hybridized carbons (Fsp3) is 0.529. The number of aromatic nitrogens is 3. The minimum Gasteiger partial charge on any atom is -0.266 e. The molecule has 2 aromatic rings. The van der Waals surface area contributed by atoms with Gasteiger partial charge in [-0.25, -0.2) is 0 Å². The molecule has 0 saturated carbocycles. The van der Waals surface area contributed by atoms with Gasteiger partial charge < -0.3 is 0 Å². The van der Waals surface area contributed by atoms with Gasteiger partial charge in [0.05, 0.1) is 17.9 Å². The van der Waals surface area contributed by atoms with Gasteiger partial charge in [0.1, 0.15) is 0 Å². The highest BCUT2D eigenvalue weighted by Crippen LogP contribution is 2.32. The molecular weight excluding hydrogens is 246 g/mol. The average molecular weight is 271 g/mol. The van der Waals surface area contributed by atoms with Crippen molar-refractivity contribution in [2.45, 2.75) is 58.9 Å². The van der Waals surface area contributed by atoms with Crippen LogP contribution in [0.2, 0.25) is 0 Å². The Bertz CT molecular complexity index is 537. The summed E-state index contributed by atoms with van der Waals surface area (Å²) in [5, 5.41) is 4.82. The molecule has 2 aromatic heterocycles. The summed E-state index contributed by atoms with van der Waals surface area (Å²) in [6, 6.07) is 5.99. The Hall–Kier alpha value is -1.64. The van der Waals surface area contributed by atoms with E-state index in [4.69, 9.17) is 5.10 Å². The van der Waals surface area contributed by atoms with Crippen molar-refractivity contribution in [1.82, 2.24) is 14.8 Å². The molecule has 2 heterocycles. The van der Waals surface area contributed by atoms with Crippen LogP contribution in [0.15, 0.2) is 30.6 Å². The number of hydrogen-bond donors (Lipinski definition) is 0. The highest BCUT2D eigenvalue weighted by atomic mass is 15.3. The van der Waals surface area contributed by atoms with Crippen molar-refractivity contribution in [3.63, 3.8) is 0 Å². The first-order valence-corrected chi connectivity index (χ1v) is 7.16. The van der Waals surface area contributed by atoms with Crippen molar-refractivity contribution < 1.29 is 0 Å². The molecule has 0 aliphatic rings. The Balaban J connectivity index is 2.40. The predicted octanol–water partition coefficient (Wildman–Crippen LogP) is 3.92. The third-order valence-electron chi connectivity index (χ3n) is 3.33. The Kier molecular flexibility index (Phi) is 3.72. The molecule has 0 aliphatic carbocycles. The number of nitrogens with zero attached hydrogens (tertiary/aromatic N) is 3. The summed E-state index contributed by atoms with van der Waals surface area (Å²) in [7, 11) is 0.